The van der Waals surface area contributed by atoms with E-state index < -0.39 is 0 Å². The van der Waals surface area contributed by atoms with Gasteiger partial charge in [-0.3, -0.25) is 0 Å². The van der Waals surface area contributed by atoms with E-state index in [9.17, 15) is 4.79 Å². The van der Waals surface area contributed by atoms with Crippen LogP contribution in [0.25, 0.3) is 17.2 Å². The molecule has 0 aliphatic rings. The molecule has 1 radical (unpaired) electrons. The van der Waals surface area contributed by atoms with Gasteiger partial charge in [-0.25, -0.2) is 4.79 Å². The van der Waals surface area contributed by atoms with Crippen LogP contribution in [-0.4, -0.2) is 19.1 Å². The molecule has 2 aromatic rings. The van der Waals surface area contributed by atoms with Crippen molar-refractivity contribution in [1.29, 1.82) is 0 Å². The van der Waals surface area contributed by atoms with Crippen LogP contribution in [0.5, 0.6) is 0 Å². The summed E-state index contributed by atoms with van der Waals surface area (Å²) in [4.78, 5) is 12.3. The van der Waals surface area contributed by atoms with Gasteiger partial charge in [0.05, 0.1) is 6.61 Å². The summed E-state index contributed by atoms with van der Waals surface area (Å²) in [6.07, 6.45) is 3.60. The first-order valence-electron chi connectivity index (χ1n) is 9.27. The Morgan fingerprint density at radius 3 is 2.63 bits per heavy atom. The molecule has 0 amide bonds. The topological polar surface area (TPSA) is 38.3 Å². The predicted molar refractivity (Wildman–Crippen MR) is 108 cm³/mol. The number of hydrogen-bond acceptors (Lipinski definition) is 3. The maximum atomic E-state index is 12.3. The zero-order chi connectivity index (χ0) is 18.9. The quantitative estimate of drug-likeness (QED) is 0.355. The fourth-order valence-electron chi connectivity index (χ4n) is 2.66. The van der Waals surface area contributed by atoms with E-state index in [0.29, 0.717) is 12.3 Å². The van der Waals surface area contributed by atoms with Crippen molar-refractivity contribution in [3.8, 4) is 11.1 Å². The number of hydrogen-bond donors (Lipinski definition) is 1. The molecule has 4 heteroatoms. The van der Waals surface area contributed by atoms with Gasteiger partial charge in [-0.2, -0.15) is 23.8 Å². The molecule has 2 aromatic carbocycles. The Labute approximate surface area is 188 Å². The summed E-state index contributed by atoms with van der Waals surface area (Å²) in [6, 6.07) is 15.7. The Hall–Kier alpha value is -1.45. The van der Waals surface area contributed by atoms with Gasteiger partial charge < -0.3 is 10.1 Å². The molecule has 141 valence electrons. The van der Waals surface area contributed by atoms with Crippen LogP contribution < -0.4 is 5.32 Å². The van der Waals surface area contributed by atoms with Gasteiger partial charge in [0.25, 0.3) is 0 Å². The zero-order valence-corrected chi connectivity index (χ0v) is 19.6. The van der Waals surface area contributed by atoms with Crippen molar-refractivity contribution in [1.82, 2.24) is 5.32 Å². The Morgan fingerprint density at radius 1 is 1.19 bits per heavy atom. The van der Waals surface area contributed by atoms with Crippen LogP contribution in [-0.2, 0) is 42.2 Å². The second-order valence-corrected chi connectivity index (χ2v) is 6.46. The number of carbonyl (C=O) groups excluding carboxylic acids is 1. The minimum absolute atomic E-state index is 0. The van der Waals surface area contributed by atoms with Crippen LogP contribution in [0.1, 0.15) is 43.4 Å². The number of esters is 1. The number of benzene rings is 2. The Morgan fingerprint density at radius 2 is 1.96 bits per heavy atom. The number of rotatable bonds is 8. The molecular formula is C23H28NO2Y-. The maximum absolute atomic E-state index is 12.3. The van der Waals surface area contributed by atoms with Gasteiger partial charge in [0.15, 0.2) is 0 Å². The summed E-state index contributed by atoms with van der Waals surface area (Å²) in [5.74, 6) is -0.307. The second kappa shape index (κ2) is 12.1. The summed E-state index contributed by atoms with van der Waals surface area (Å²) < 4.78 is 5.30. The molecule has 27 heavy (non-hydrogen) atoms. The van der Waals surface area contributed by atoms with Gasteiger partial charge in [0, 0.05) is 39.3 Å². The summed E-state index contributed by atoms with van der Waals surface area (Å²) in [7, 11) is 0. The van der Waals surface area contributed by atoms with Crippen molar-refractivity contribution >= 4 is 12.0 Å². The molecule has 0 saturated heterocycles. The van der Waals surface area contributed by atoms with Gasteiger partial charge in [-0.05, 0) is 19.8 Å². The first-order chi connectivity index (χ1) is 12.5. The van der Waals surface area contributed by atoms with Gasteiger partial charge in [-0.1, -0.05) is 62.2 Å². The van der Waals surface area contributed by atoms with Crippen molar-refractivity contribution in [2.75, 3.05) is 13.2 Å². The summed E-state index contributed by atoms with van der Waals surface area (Å²) in [5.41, 5.74) is 6.01. The molecular weight excluding hydrogens is 411 g/mol. The third kappa shape index (κ3) is 7.23. The summed E-state index contributed by atoms with van der Waals surface area (Å²) in [6.45, 7) is 9.35. The largest absolute Gasteiger partial charge is 0.461 e. The van der Waals surface area contributed by atoms with Crippen molar-refractivity contribution in [2.24, 2.45) is 0 Å². The van der Waals surface area contributed by atoms with E-state index in [-0.39, 0.29) is 38.7 Å². The first-order valence-corrected chi connectivity index (χ1v) is 9.27. The molecule has 0 unspecified atom stereocenters. The van der Waals surface area contributed by atoms with Crippen molar-refractivity contribution in [3.05, 3.63) is 64.9 Å². The van der Waals surface area contributed by atoms with E-state index >= 15 is 0 Å². The smallest absolute Gasteiger partial charge is 0.353 e. The molecule has 3 nitrogen and oxygen atoms in total. The zero-order valence-electron chi connectivity index (χ0n) is 16.8. The van der Waals surface area contributed by atoms with Crippen molar-refractivity contribution in [3.63, 3.8) is 0 Å². The number of nitrogens with one attached hydrogen (secondary N) is 1. The van der Waals surface area contributed by atoms with Crippen LogP contribution in [0.3, 0.4) is 0 Å². The average Bonchev–Trinajstić information content (AvgIpc) is 2.64. The normalized spacial score (nSPS) is 10.9. The fraction of sp³-hybridized carbons (Fsp3) is 0.348. The van der Waals surface area contributed by atoms with E-state index in [1.54, 1.807) is 0 Å². The molecule has 0 atom stereocenters. The van der Waals surface area contributed by atoms with Crippen LogP contribution >= 0.6 is 0 Å². The van der Waals surface area contributed by atoms with E-state index in [4.69, 9.17) is 4.74 Å². The molecule has 0 aromatic heterocycles. The number of aryl methyl sites for hydroxylation is 2. The molecule has 0 spiro atoms. The predicted octanol–water partition coefficient (Wildman–Crippen LogP) is 5.06. The number of carbonyl (C=O) groups is 1. The van der Waals surface area contributed by atoms with E-state index in [1.165, 1.54) is 5.56 Å². The standard InChI is InChI=1S/C23H28NO2.Y/c1-5-12-24-22(23(25)26-13-6-2)16-19-11-10-18(4)21(15-19)20-9-7-8-17(3)14-20;/h7-9,11,14-16,24H,5-6,12-13H2,1-4H3;/q-1;/b22-16-;. The van der Waals surface area contributed by atoms with Crippen LogP contribution in [0.15, 0.2) is 42.1 Å². The van der Waals surface area contributed by atoms with E-state index in [1.807, 2.05) is 19.1 Å². The SMILES string of the molecule is CCCN/C(=C\c1c[c-]c(C)c(-c2cccc(C)c2)c1)C(=O)OCCC.[Y]. The minimum atomic E-state index is -0.307. The third-order valence-electron chi connectivity index (χ3n) is 4.03. The molecule has 0 bridgehead atoms. The molecule has 0 saturated carbocycles. The molecule has 2 rings (SSSR count). The first kappa shape index (κ1) is 23.6. The maximum Gasteiger partial charge on any atom is 0.353 e. The molecule has 0 aliphatic carbocycles. The van der Waals surface area contributed by atoms with Gasteiger partial charge >= 0.3 is 5.97 Å². The molecule has 0 aliphatic heterocycles. The van der Waals surface area contributed by atoms with E-state index in [2.05, 4.69) is 62.5 Å². The Kier molecular flexibility index (Phi) is 10.6. The number of ether oxygens (including phenoxy) is 1. The van der Waals surface area contributed by atoms with E-state index in [0.717, 1.165) is 41.6 Å². The van der Waals surface area contributed by atoms with Crippen LogP contribution in [0.2, 0.25) is 0 Å². The van der Waals surface area contributed by atoms with Gasteiger partial charge in [-0.15, -0.1) is 11.1 Å². The Bertz CT molecular complexity index is 784. The Balaban J connectivity index is 0.00000364. The van der Waals surface area contributed by atoms with Gasteiger partial charge in [0.2, 0.25) is 0 Å². The van der Waals surface area contributed by atoms with Crippen LogP contribution in [0.4, 0.5) is 0 Å². The van der Waals surface area contributed by atoms with Crippen LogP contribution in [0, 0.1) is 19.9 Å². The molecule has 1 N–H and O–H groups in total. The minimum Gasteiger partial charge on any atom is -0.461 e. The average molecular weight is 439 g/mol. The third-order valence-corrected chi connectivity index (χ3v) is 4.03. The van der Waals surface area contributed by atoms with Crippen molar-refractivity contribution in [2.45, 2.75) is 40.5 Å². The molecule has 0 heterocycles. The monoisotopic (exact) mass is 439 g/mol. The summed E-state index contributed by atoms with van der Waals surface area (Å²) in [5, 5.41) is 3.18. The fourth-order valence-corrected chi connectivity index (χ4v) is 2.66. The van der Waals surface area contributed by atoms with Crippen molar-refractivity contribution < 1.29 is 42.2 Å². The second-order valence-electron chi connectivity index (χ2n) is 6.46. The van der Waals surface area contributed by atoms with Gasteiger partial charge in [0.1, 0.15) is 5.70 Å². The summed E-state index contributed by atoms with van der Waals surface area (Å²) >= 11 is 0. The molecule has 0 fully saturated rings.